The maximum absolute atomic E-state index is 12.7. The Labute approximate surface area is 161 Å². The molecule has 1 amide bonds. The highest BCUT2D eigenvalue weighted by Gasteiger charge is 2.25. The van der Waals surface area contributed by atoms with Crippen molar-refractivity contribution in [1.29, 1.82) is 0 Å². The highest BCUT2D eigenvalue weighted by Crippen LogP contribution is 2.26. The Morgan fingerprint density at radius 1 is 1.12 bits per heavy atom. The van der Waals surface area contributed by atoms with Gasteiger partial charge in [0, 0.05) is 23.2 Å². The van der Waals surface area contributed by atoms with E-state index in [4.69, 9.17) is 11.6 Å². The average Bonchev–Trinajstić information content (AvgIpc) is 2.64. The van der Waals surface area contributed by atoms with Gasteiger partial charge in [0.15, 0.2) is 0 Å². The molecule has 3 rings (SSSR count). The van der Waals surface area contributed by atoms with E-state index in [1.54, 1.807) is 0 Å². The SMILES string of the molecule is CC(C)c1ccccc1NC(=O)C1CCN(Cc2ccc(Cl)cc2)CC1. The molecule has 4 heteroatoms. The molecular formula is C22H27ClN2O. The van der Waals surface area contributed by atoms with Crippen molar-refractivity contribution in [1.82, 2.24) is 4.90 Å². The van der Waals surface area contributed by atoms with Gasteiger partial charge in [0.1, 0.15) is 0 Å². The largest absolute Gasteiger partial charge is 0.326 e. The summed E-state index contributed by atoms with van der Waals surface area (Å²) in [6.07, 6.45) is 1.81. The van der Waals surface area contributed by atoms with E-state index < -0.39 is 0 Å². The number of anilines is 1. The molecule has 0 atom stereocenters. The van der Waals surface area contributed by atoms with Crippen LogP contribution >= 0.6 is 11.6 Å². The lowest BCUT2D eigenvalue weighted by Crippen LogP contribution is -2.37. The van der Waals surface area contributed by atoms with Crippen LogP contribution in [0.2, 0.25) is 5.02 Å². The van der Waals surface area contributed by atoms with Crippen LogP contribution in [0.1, 0.15) is 43.7 Å². The van der Waals surface area contributed by atoms with Crippen molar-refractivity contribution in [2.75, 3.05) is 18.4 Å². The van der Waals surface area contributed by atoms with Gasteiger partial charge >= 0.3 is 0 Å². The first-order valence-corrected chi connectivity index (χ1v) is 9.77. The minimum atomic E-state index is 0.0942. The molecule has 1 N–H and O–H groups in total. The molecule has 0 bridgehead atoms. The van der Waals surface area contributed by atoms with E-state index in [2.05, 4.69) is 42.3 Å². The van der Waals surface area contributed by atoms with E-state index in [1.165, 1.54) is 11.1 Å². The number of hydrogen-bond acceptors (Lipinski definition) is 2. The molecule has 0 aromatic heterocycles. The Hall–Kier alpha value is -1.84. The Bertz CT molecular complexity index is 734. The van der Waals surface area contributed by atoms with Gasteiger partial charge in [-0.1, -0.05) is 55.8 Å². The topological polar surface area (TPSA) is 32.3 Å². The van der Waals surface area contributed by atoms with Gasteiger partial charge in [0.05, 0.1) is 0 Å². The van der Waals surface area contributed by atoms with E-state index in [9.17, 15) is 4.79 Å². The number of nitrogens with zero attached hydrogens (tertiary/aromatic N) is 1. The number of rotatable bonds is 5. The van der Waals surface area contributed by atoms with Crippen LogP contribution < -0.4 is 5.32 Å². The number of piperidine rings is 1. The summed E-state index contributed by atoms with van der Waals surface area (Å²) < 4.78 is 0. The van der Waals surface area contributed by atoms with Gasteiger partial charge in [-0.2, -0.15) is 0 Å². The normalized spacial score (nSPS) is 16.0. The molecule has 0 radical (unpaired) electrons. The zero-order valence-corrected chi connectivity index (χ0v) is 16.3. The summed E-state index contributed by atoms with van der Waals surface area (Å²) in [5.41, 5.74) is 3.42. The molecule has 1 aliphatic rings. The lowest BCUT2D eigenvalue weighted by atomic mass is 9.94. The number of para-hydroxylation sites is 1. The summed E-state index contributed by atoms with van der Waals surface area (Å²) in [7, 11) is 0. The number of benzene rings is 2. The molecule has 3 nitrogen and oxygen atoms in total. The molecule has 2 aromatic rings. The van der Waals surface area contributed by atoms with Gasteiger partial charge in [-0.3, -0.25) is 9.69 Å². The molecule has 1 heterocycles. The average molecular weight is 371 g/mol. The molecule has 0 saturated carbocycles. The van der Waals surface area contributed by atoms with E-state index in [0.29, 0.717) is 5.92 Å². The zero-order chi connectivity index (χ0) is 18.5. The van der Waals surface area contributed by atoms with Crippen LogP contribution in [0, 0.1) is 5.92 Å². The fraction of sp³-hybridized carbons (Fsp3) is 0.409. The summed E-state index contributed by atoms with van der Waals surface area (Å²) >= 11 is 5.95. The fourth-order valence-corrected chi connectivity index (χ4v) is 3.68. The molecule has 2 aromatic carbocycles. The van der Waals surface area contributed by atoms with E-state index in [0.717, 1.165) is 43.2 Å². The third-order valence-corrected chi connectivity index (χ3v) is 5.37. The molecule has 138 valence electrons. The van der Waals surface area contributed by atoms with Crippen LogP contribution in [0.3, 0.4) is 0 Å². The second-order valence-corrected chi connectivity index (χ2v) is 7.84. The van der Waals surface area contributed by atoms with E-state index in [1.807, 2.05) is 30.3 Å². The first-order chi connectivity index (χ1) is 12.5. The number of nitrogens with one attached hydrogen (secondary N) is 1. The quantitative estimate of drug-likeness (QED) is 0.773. The minimum Gasteiger partial charge on any atom is -0.326 e. The third-order valence-electron chi connectivity index (χ3n) is 5.12. The molecule has 0 unspecified atom stereocenters. The van der Waals surface area contributed by atoms with Gasteiger partial charge in [0.25, 0.3) is 0 Å². The van der Waals surface area contributed by atoms with Gasteiger partial charge in [-0.25, -0.2) is 0 Å². The van der Waals surface area contributed by atoms with Crippen LogP contribution in [-0.2, 0) is 11.3 Å². The van der Waals surface area contributed by atoms with Gasteiger partial charge in [-0.15, -0.1) is 0 Å². The first kappa shape index (κ1) is 18.9. The van der Waals surface area contributed by atoms with Crippen molar-refractivity contribution < 1.29 is 4.79 Å². The Kier molecular flexibility index (Phi) is 6.33. The Morgan fingerprint density at radius 3 is 2.42 bits per heavy atom. The zero-order valence-electron chi connectivity index (χ0n) is 15.5. The van der Waals surface area contributed by atoms with Gasteiger partial charge < -0.3 is 5.32 Å². The molecule has 0 spiro atoms. The third kappa shape index (κ3) is 4.87. The highest BCUT2D eigenvalue weighted by molar-refractivity contribution is 6.30. The minimum absolute atomic E-state index is 0.0942. The molecular weight excluding hydrogens is 344 g/mol. The molecule has 1 saturated heterocycles. The molecule has 26 heavy (non-hydrogen) atoms. The molecule has 0 aliphatic carbocycles. The summed E-state index contributed by atoms with van der Waals surface area (Å²) in [5.74, 6) is 0.647. The number of carbonyl (C=O) groups excluding carboxylic acids is 1. The maximum Gasteiger partial charge on any atom is 0.227 e. The first-order valence-electron chi connectivity index (χ1n) is 9.39. The predicted molar refractivity (Wildman–Crippen MR) is 109 cm³/mol. The van der Waals surface area contributed by atoms with Crippen molar-refractivity contribution in [3.63, 3.8) is 0 Å². The van der Waals surface area contributed by atoms with Crippen molar-refractivity contribution in [3.05, 3.63) is 64.7 Å². The lowest BCUT2D eigenvalue weighted by Gasteiger charge is -2.31. The Morgan fingerprint density at radius 2 is 1.77 bits per heavy atom. The van der Waals surface area contributed by atoms with Crippen LogP contribution in [0.15, 0.2) is 48.5 Å². The second-order valence-electron chi connectivity index (χ2n) is 7.41. The maximum atomic E-state index is 12.7. The van der Waals surface area contributed by atoms with Crippen molar-refractivity contribution in [2.24, 2.45) is 5.92 Å². The van der Waals surface area contributed by atoms with Gasteiger partial charge in [-0.05, 0) is 61.2 Å². The van der Waals surface area contributed by atoms with E-state index >= 15 is 0 Å². The highest BCUT2D eigenvalue weighted by atomic mass is 35.5. The Balaban J connectivity index is 1.53. The van der Waals surface area contributed by atoms with Crippen LogP contribution in [-0.4, -0.2) is 23.9 Å². The van der Waals surface area contributed by atoms with Crippen LogP contribution in [0.25, 0.3) is 0 Å². The molecule has 1 fully saturated rings. The summed E-state index contributed by atoms with van der Waals surface area (Å²) in [5, 5.41) is 3.93. The van der Waals surface area contributed by atoms with Crippen LogP contribution in [0.4, 0.5) is 5.69 Å². The monoisotopic (exact) mass is 370 g/mol. The number of carbonyl (C=O) groups is 1. The summed E-state index contributed by atoms with van der Waals surface area (Å²) in [6, 6.07) is 16.1. The van der Waals surface area contributed by atoms with Gasteiger partial charge in [0.2, 0.25) is 5.91 Å². The number of halogens is 1. The number of likely N-dealkylation sites (tertiary alicyclic amines) is 1. The molecule has 1 aliphatic heterocycles. The van der Waals surface area contributed by atoms with Crippen molar-refractivity contribution in [2.45, 2.75) is 39.2 Å². The fourth-order valence-electron chi connectivity index (χ4n) is 3.55. The predicted octanol–water partition coefficient (Wildman–Crippen LogP) is 5.31. The lowest BCUT2D eigenvalue weighted by molar-refractivity contribution is -0.121. The van der Waals surface area contributed by atoms with Crippen molar-refractivity contribution in [3.8, 4) is 0 Å². The number of hydrogen-bond donors (Lipinski definition) is 1. The van der Waals surface area contributed by atoms with Crippen molar-refractivity contribution >= 4 is 23.2 Å². The second kappa shape index (κ2) is 8.70. The smallest absolute Gasteiger partial charge is 0.227 e. The van der Waals surface area contributed by atoms with Crippen LogP contribution in [0.5, 0.6) is 0 Å². The van der Waals surface area contributed by atoms with E-state index in [-0.39, 0.29) is 11.8 Å². The summed E-state index contributed by atoms with van der Waals surface area (Å²) in [6.45, 7) is 7.13. The standard InChI is InChI=1S/C22H27ClN2O/c1-16(2)20-5-3-4-6-21(20)24-22(26)18-11-13-25(14-12-18)15-17-7-9-19(23)10-8-17/h3-10,16,18H,11-15H2,1-2H3,(H,24,26). The number of amides is 1. The summed E-state index contributed by atoms with van der Waals surface area (Å²) in [4.78, 5) is 15.1.